The van der Waals surface area contributed by atoms with Gasteiger partial charge in [-0.2, -0.15) is 0 Å². The summed E-state index contributed by atoms with van der Waals surface area (Å²) in [6.45, 7) is 4.09. The Balaban J connectivity index is 3.03. The van der Waals surface area contributed by atoms with Gasteiger partial charge in [0.15, 0.2) is 0 Å². The van der Waals surface area contributed by atoms with E-state index in [1.54, 1.807) is 0 Å². The maximum atomic E-state index is 10.2. The molecule has 0 amide bonds. The molecule has 0 saturated heterocycles. The van der Waals surface area contributed by atoms with Crippen molar-refractivity contribution >= 4 is 12.5 Å². The predicted octanol–water partition coefficient (Wildman–Crippen LogP) is 2.25. The van der Waals surface area contributed by atoms with E-state index in [1.165, 1.54) is 7.06 Å². The van der Waals surface area contributed by atoms with Crippen molar-refractivity contribution in [3.05, 3.63) is 40.8 Å². The summed E-state index contributed by atoms with van der Waals surface area (Å²) in [4.78, 5) is 10.2. The second kappa shape index (κ2) is 4.70. The Hall–Kier alpha value is -1.25. The first-order valence-electron chi connectivity index (χ1n) is 4.33. The van der Waals surface area contributed by atoms with Gasteiger partial charge >= 0.3 is 78.2 Å². The molecule has 0 aromatic heterocycles. The summed E-state index contributed by atoms with van der Waals surface area (Å²) >= 11 is 0. The zero-order chi connectivity index (χ0) is 9.68. The van der Waals surface area contributed by atoms with Crippen LogP contribution in [0.4, 0.5) is 0 Å². The molecule has 1 rings (SSSR count). The van der Waals surface area contributed by atoms with E-state index in [-0.39, 0.29) is 0 Å². The topological polar surface area (TPSA) is 29.4 Å². The Kier molecular flexibility index (Phi) is 3.56. The Morgan fingerprint density at radius 1 is 1.31 bits per heavy atom. The van der Waals surface area contributed by atoms with Gasteiger partial charge in [-0.05, 0) is 0 Å². The third-order valence-electron chi connectivity index (χ3n) is 1.92. The van der Waals surface area contributed by atoms with Crippen molar-refractivity contribution in [2.75, 3.05) is 0 Å². The molecule has 13 heavy (non-hydrogen) atoms. The van der Waals surface area contributed by atoms with Crippen molar-refractivity contribution < 1.29 is 0 Å². The van der Waals surface area contributed by atoms with Gasteiger partial charge in [-0.25, -0.2) is 0 Å². The van der Waals surface area contributed by atoms with E-state index in [9.17, 15) is 4.91 Å². The zero-order valence-electron chi connectivity index (χ0n) is 7.90. The molecule has 2 nitrogen and oxygen atoms in total. The van der Waals surface area contributed by atoms with E-state index >= 15 is 0 Å². The quantitative estimate of drug-likeness (QED) is 0.509. The first kappa shape index (κ1) is 9.84. The van der Waals surface area contributed by atoms with E-state index in [0.717, 1.165) is 11.0 Å². The molecule has 0 atom stereocenters. The second-order valence-corrected chi connectivity index (χ2v) is 3.21. The molecular weight excluding hydrogens is 161 g/mol. The molecule has 0 spiro atoms. The van der Waals surface area contributed by atoms with Crippen molar-refractivity contribution in [3.63, 3.8) is 0 Å². The molecule has 0 N–H and O–H groups in total. The number of benzene rings is 1. The van der Waals surface area contributed by atoms with Crippen LogP contribution >= 0.6 is 0 Å². The Morgan fingerprint density at radius 3 is 2.38 bits per heavy atom. The average Bonchev–Trinajstić information content (AvgIpc) is 2.15. The Labute approximate surface area is 78.9 Å². The van der Waals surface area contributed by atoms with Crippen molar-refractivity contribution in [2.45, 2.75) is 13.8 Å². The van der Waals surface area contributed by atoms with E-state index < -0.39 is 0 Å². The zero-order valence-corrected chi connectivity index (χ0v) is 7.90. The van der Waals surface area contributed by atoms with E-state index in [0.29, 0.717) is 5.92 Å². The molecule has 0 aliphatic heterocycles. The number of nitrogens with zero attached hydrogens (tertiary/aromatic N) is 1. The predicted molar refractivity (Wildman–Crippen MR) is 56.9 cm³/mol. The fourth-order valence-corrected chi connectivity index (χ4v) is 1.24. The fourth-order valence-electron chi connectivity index (χ4n) is 1.24. The molecule has 0 aliphatic carbocycles. The van der Waals surface area contributed by atoms with Crippen LogP contribution < -0.4 is 0 Å². The molecule has 0 aliphatic rings. The molecule has 0 saturated carbocycles. The summed E-state index contributed by atoms with van der Waals surface area (Å²) < 4.78 is 0. The van der Waals surface area contributed by atoms with Crippen LogP contribution in [0.3, 0.4) is 0 Å². The normalized spacial score (nSPS) is 11.2. The van der Waals surface area contributed by atoms with Gasteiger partial charge in [0.2, 0.25) is 0 Å². The van der Waals surface area contributed by atoms with Crippen molar-refractivity contribution in [1.29, 1.82) is 0 Å². The van der Waals surface area contributed by atoms with E-state index in [2.05, 4.69) is 5.09 Å². The standard InChI is InChI=1S/C10H12BNO/c1-8(2)10(11-12-13)9-6-4-3-5-7-9/h3-8H,1-2H3. The summed E-state index contributed by atoms with van der Waals surface area (Å²) in [6.07, 6.45) is 0. The third kappa shape index (κ3) is 2.62. The van der Waals surface area contributed by atoms with Gasteiger partial charge in [0.1, 0.15) is 0 Å². The molecule has 66 valence electrons. The number of rotatable bonds is 3. The molecule has 3 heteroatoms. The van der Waals surface area contributed by atoms with Gasteiger partial charge in [-0.1, -0.05) is 0 Å². The molecule has 0 fully saturated rings. The minimum atomic E-state index is 0.320. The molecule has 0 radical (unpaired) electrons. The van der Waals surface area contributed by atoms with Crippen molar-refractivity contribution in [3.8, 4) is 0 Å². The summed E-state index contributed by atoms with van der Waals surface area (Å²) in [5.41, 5.74) is 2.05. The van der Waals surface area contributed by atoms with E-state index in [4.69, 9.17) is 0 Å². The van der Waals surface area contributed by atoms with Crippen LogP contribution in [0.5, 0.6) is 0 Å². The molecule has 1 aromatic rings. The fraction of sp³-hybridized carbons (Fsp3) is 0.300. The van der Waals surface area contributed by atoms with Gasteiger partial charge in [-0.3, -0.25) is 0 Å². The van der Waals surface area contributed by atoms with Gasteiger partial charge in [-0.15, -0.1) is 0 Å². The molecule has 0 heterocycles. The SMILES string of the molecule is CC(C)C(=BN=O)c1ccccc1. The van der Waals surface area contributed by atoms with E-state index in [1.807, 2.05) is 44.2 Å². The third-order valence-corrected chi connectivity index (χ3v) is 1.92. The van der Waals surface area contributed by atoms with Gasteiger partial charge < -0.3 is 0 Å². The number of hydrogen-bond donors (Lipinski definition) is 0. The maximum absolute atomic E-state index is 10.2. The van der Waals surface area contributed by atoms with Crippen LogP contribution in [0.2, 0.25) is 0 Å². The van der Waals surface area contributed by atoms with Crippen LogP contribution in [0.15, 0.2) is 35.4 Å². The minimum absolute atomic E-state index is 0.320. The van der Waals surface area contributed by atoms with Crippen LogP contribution in [-0.4, -0.2) is 12.5 Å². The van der Waals surface area contributed by atoms with Crippen LogP contribution in [0, 0.1) is 10.8 Å². The van der Waals surface area contributed by atoms with Gasteiger partial charge in [0, 0.05) is 0 Å². The Morgan fingerprint density at radius 2 is 1.92 bits per heavy atom. The van der Waals surface area contributed by atoms with Crippen LogP contribution in [0.1, 0.15) is 19.4 Å². The molecular formula is C10H12BNO. The van der Waals surface area contributed by atoms with Crippen molar-refractivity contribution in [2.24, 2.45) is 11.0 Å². The molecule has 1 aromatic carbocycles. The summed E-state index contributed by atoms with van der Waals surface area (Å²) in [7, 11) is 1.39. The number of hydrogen-bond acceptors (Lipinski definition) is 2. The molecule has 0 bridgehead atoms. The van der Waals surface area contributed by atoms with Gasteiger partial charge in [0.05, 0.1) is 0 Å². The van der Waals surface area contributed by atoms with Crippen LogP contribution in [-0.2, 0) is 0 Å². The second-order valence-electron chi connectivity index (χ2n) is 3.21. The average molecular weight is 173 g/mol. The first-order chi connectivity index (χ1) is 6.25. The van der Waals surface area contributed by atoms with Gasteiger partial charge in [0.25, 0.3) is 0 Å². The number of nitroso groups, excluding NO2 is 1. The monoisotopic (exact) mass is 173 g/mol. The summed E-state index contributed by atoms with van der Waals surface area (Å²) in [6, 6.07) is 9.83. The summed E-state index contributed by atoms with van der Waals surface area (Å²) in [5, 5.41) is 2.82. The summed E-state index contributed by atoms with van der Waals surface area (Å²) in [5.74, 6) is 0.320. The van der Waals surface area contributed by atoms with Crippen LogP contribution in [0.25, 0.3) is 0 Å². The first-order valence-corrected chi connectivity index (χ1v) is 4.33. The molecule has 0 unspecified atom stereocenters. The Bertz CT molecular complexity index is 306. The van der Waals surface area contributed by atoms with Crippen molar-refractivity contribution in [1.82, 2.24) is 0 Å².